The number of carbonyl (C=O) groups is 1. The summed E-state index contributed by atoms with van der Waals surface area (Å²) in [7, 11) is -3.50. The third kappa shape index (κ3) is 4.24. The zero-order valence-electron chi connectivity index (χ0n) is 16.1. The molecule has 0 heterocycles. The average molecular weight is 397 g/mol. The van der Waals surface area contributed by atoms with Crippen LogP contribution in [0.25, 0.3) is 10.8 Å². The summed E-state index contributed by atoms with van der Waals surface area (Å²) in [5.41, 5.74) is 1.53. The molecule has 0 aromatic heterocycles. The van der Waals surface area contributed by atoms with Crippen LogP contribution in [-0.4, -0.2) is 31.7 Å². The molecule has 1 amide bonds. The minimum absolute atomic E-state index is 0.143. The minimum atomic E-state index is -3.50. The molecule has 0 atom stereocenters. The molecule has 3 aromatic rings. The monoisotopic (exact) mass is 396 g/mol. The highest BCUT2D eigenvalue weighted by molar-refractivity contribution is 7.89. The van der Waals surface area contributed by atoms with Crippen LogP contribution in [0.3, 0.4) is 0 Å². The van der Waals surface area contributed by atoms with Gasteiger partial charge < -0.3 is 5.32 Å². The van der Waals surface area contributed by atoms with Gasteiger partial charge in [-0.2, -0.15) is 4.31 Å². The minimum Gasteiger partial charge on any atom is -0.326 e. The van der Waals surface area contributed by atoms with Crippen molar-refractivity contribution in [3.63, 3.8) is 0 Å². The Hall–Kier alpha value is -2.70. The van der Waals surface area contributed by atoms with E-state index in [-0.39, 0.29) is 17.2 Å². The van der Waals surface area contributed by atoms with E-state index in [1.54, 1.807) is 12.1 Å². The molecule has 0 aliphatic rings. The number of benzene rings is 3. The number of anilines is 1. The van der Waals surface area contributed by atoms with Gasteiger partial charge >= 0.3 is 0 Å². The Morgan fingerprint density at radius 1 is 0.893 bits per heavy atom. The van der Waals surface area contributed by atoms with Crippen LogP contribution in [0.5, 0.6) is 0 Å². The fraction of sp³-hybridized carbons (Fsp3) is 0.227. The number of nitrogens with one attached hydrogen (secondary N) is 1. The third-order valence-corrected chi connectivity index (χ3v) is 6.78. The highest BCUT2D eigenvalue weighted by Gasteiger charge is 2.21. The third-order valence-electron chi connectivity index (χ3n) is 4.71. The predicted molar refractivity (Wildman–Crippen MR) is 113 cm³/mol. The molecule has 3 aromatic carbocycles. The lowest BCUT2D eigenvalue weighted by molar-refractivity contribution is -0.115. The van der Waals surface area contributed by atoms with E-state index in [2.05, 4.69) is 5.32 Å². The maximum atomic E-state index is 12.5. The normalized spacial score (nSPS) is 11.7. The van der Waals surface area contributed by atoms with Gasteiger partial charge in [-0.05, 0) is 40.6 Å². The standard InChI is InChI=1S/C22H24N2O3S/c1-3-24(4-2)28(26,27)20-14-12-19(13-15-20)23-22(25)16-18-10-7-9-17-8-5-6-11-21(17)18/h5-15H,3-4,16H2,1-2H3,(H,23,25). The summed E-state index contributed by atoms with van der Waals surface area (Å²) in [6, 6.07) is 20.2. The van der Waals surface area contributed by atoms with Gasteiger partial charge in [-0.3, -0.25) is 4.79 Å². The molecule has 0 saturated carbocycles. The Morgan fingerprint density at radius 2 is 1.54 bits per heavy atom. The summed E-state index contributed by atoms with van der Waals surface area (Å²) in [4.78, 5) is 12.7. The van der Waals surface area contributed by atoms with Crippen molar-refractivity contribution < 1.29 is 13.2 Å². The van der Waals surface area contributed by atoms with E-state index in [9.17, 15) is 13.2 Å². The first-order valence-corrected chi connectivity index (χ1v) is 10.8. The lowest BCUT2D eigenvalue weighted by Crippen LogP contribution is -2.30. The molecule has 0 bridgehead atoms. The number of carbonyl (C=O) groups excluding carboxylic acids is 1. The molecular weight excluding hydrogens is 372 g/mol. The van der Waals surface area contributed by atoms with E-state index in [1.165, 1.54) is 16.4 Å². The van der Waals surface area contributed by atoms with Gasteiger partial charge in [0.2, 0.25) is 15.9 Å². The molecule has 0 fully saturated rings. The average Bonchev–Trinajstić information content (AvgIpc) is 2.69. The van der Waals surface area contributed by atoms with Crippen molar-refractivity contribution in [1.29, 1.82) is 0 Å². The Bertz CT molecular complexity index is 1070. The van der Waals surface area contributed by atoms with Crippen LogP contribution in [0.1, 0.15) is 19.4 Å². The summed E-state index contributed by atoms with van der Waals surface area (Å²) in [5.74, 6) is -0.143. The number of amides is 1. The fourth-order valence-corrected chi connectivity index (χ4v) is 4.71. The predicted octanol–water partition coefficient (Wildman–Crippen LogP) is 4.05. The molecule has 1 N–H and O–H groups in total. The fourth-order valence-electron chi connectivity index (χ4n) is 3.25. The van der Waals surface area contributed by atoms with Crippen molar-refractivity contribution in [2.45, 2.75) is 25.2 Å². The van der Waals surface area contributed by atoms with Gasteiger partial charge in [0.15, 0.2) is 0 Å². The molecule has 0 aliphatic heterocycles. The van der Waals surface area contributed by atoms with Gasteiger partial charge in [0, 0.05) is 18.8 Å². The van der Waals surface area contributed by atoms with Gasteiger partial charge in [-0.25, -0.2) is 8.42 Å². The first kappa shape index (κ1) is 20.0. The van der Waals surface area contributed by atoms with E-state index in [1.807, 2.05) is 56.3 Å². The maximum Gasteiger partial charge on any atom is 0.243 e. The Kier molecular flexibility index (Phi) is 6.11. The van der Waals surface area contributed by atoms with E-state index in [0.717, 1.165) is 16.3 Å². The SMILES string of the molecule is CCN(CC)S(=O)(=O)c1ccc(NC(=O)Cc2cccc3ccccc23)cc1. The van der Waals surface area contributed by atoms with Crippen molar-refractivity contribution >= 4 is 32.4 Å². The number of hydrogen-bond acceptors (Lipinski definition) is 3. The first-order chi connectivity index (χ1) is 13.5. The molecular formula is C22H24N2O3S. The van der Waals surface area contributed by atoms with Gasteiger partial charge in [0.25, 0.3) is 0 Å². The lowest BCUT2D eigenvalue weighted by atomic mass is 10.0. The molecule has 6 heteroatoms. The lowest BCUT2D eigenvalue weighted by Gasteiger charge is -2.18. The van der Waals surface area contributed by atoms with Crippen molar-refractivity contribution in [3.05, 3.63) is 72.3 Å². The second-order valence-electron chi connectivity index (χ2n) is 6.48. The summed E-state index contributed by atoms with van der Waals surface area (Å²) >= 11 is 0. The van der Waals surface area contributed by atoms with E-state index in [0.29, 0.717) is 18.8 Å². The van der Waals surface area contributed by atoms with Gasteiger partial charge in [-0.15, -0.1) is 0 Å². The zero-order chi connectivity index (χ0) is 20.1. The molecule has 146 valence electrons. The van der Waals surface area contributed by atoms with Crippen LogP contribution in [0.4, 0.5) is 5.69 Å². The molecule has 3 rings (SSSR count). The van der Waals surface area contributed by atoms with Crippen molar-refractivity contribution in [2.75, 3.05) is 18.4 Å². The van der Waals surface area contributed by atoms with Gasteiger partial charge in [-0.1, -0.05) is 56.3 Å². The van der Waals surface area contributed by atoms with Crippen LogP contribution in [0.2, 0.25) is 0 Å². The summed E-state index contributed by atoms with van der Waals surface area (Å²) < 4.78 is 26.5. The van der Waals surface area contributed by atoms with Crippen LogP contribution >= 0.6 is 0 Å². The largest absolute Gasteiger partial charge is 0.326 e. The Balaban J connectivity index is 1.73. The first-order valence-electron chi connectivity index (χ1n) is 9.32. The van der Waals surface area contributed by atoms with Crippen molar-refractivity contribution in [3.8, 4) is 0 Å². The topological polar surface area (TPSA) is 66.5 Å². The Labute approximate surface area is 166 Å². The van der Waals surface area contributed by atoms with Crippen molar-refractivity contribution in [1.82, 2.24) is 4.31 Å². The number of hydrogen-bond donors (Lipinski definition) is 1. The summed E-state index contributed by atoms with van der Waals surface area (Å²) in [5, 5.41) is 5.00. The van der Waals surface area contributed by atoms with E-state index < -0.39 is 10.0 Å². The van der Waals surface area contributed by atoms with Crippen LogP contribution in [0, 0.1) is 0 Å². The highest BCUT2D eigenvalue weighted by atomic mass is 32.2. The van der Waals surface area contributed by atoms with Crippen LogP contribution in [-0.2, 0) is 21.2 Å². The zero-order valence-corrected chi connectivity index (χ0v) is 16.9. The summed E-state index contributed by atoms with van der Waals surface area (Å²) in [6.07, 6.45) is 0.251. The molecule has 0 spiro atoms. The highest BCUT2D eigenvalue weighted by Crippen LogP contribution is 2.21. The molecule has 0 unspecified atom stereocenters. The maximum absolute atomic E-state index is 12.5. The van der Waals surface area contributed by atoms with Crippen LogP contribution in [0.15, 0.2) is 71.6 Å². The number of sulfonamides is 1. The van der Waals surface area contributed by atoms with Gasteiger partial charge in [0.05, 0.1) is 11.3 Å². The Morgan fingerprint density at radius 3 is 2.21 bits per heavy atom. The molecule has 28 heavy (non-hydrogen) atoms. The summed E-state index contributed by atoms with van der Waals surface area (Å²) in [6.45, 7) is 4.45. The molecule has 0 radical (unpaired) electrons. The molecule has 0 saturated heterocycles. The second kappa shape index (κ2) is 8.54. The van der Waals surface area contributed by atoms with Crippen LogP contribution < -0.4 is 5.32 Å². The second-order valence-corrected chi connectivity index (χ2v) is 8.41. The van der Waals surface area contributed by atoms with E-state index >= 15 is 0 Å². The number of rotatable bonds is 7. The van der Waals surface area contributed by atoms with E-state index in [4.69, 9.17) is 0 Å². The molecule has 5 nitrogen and oxygen atoms in total. The number of nitrogens with zero attached hydrogens (tertiary/aromatic N) is 1. The molecule has 0 aliphatic carbocycles. The van der Waals surface area contributed by atoms with Crippen molar-refractivity contribution in [2.24, 2.45) is 0 Å². The smallest absolute Gasteiger partial charge is 0.243 e. The quantitative estimate of drug-likeness (QED) is 0.655. The number of fused-ring (bicyclic) bond motifs is 1. The van der Waals surface area contributed by atoms with Gasteiger partial charge in [0.1, 0.15) is 0 Å².